The third kappa shape index (κ3) is 3.05. The van der Waals surface area contributed by atoms with Gasteiger partial charge in [-0.3, -0.25) is 0 Å². The summed E-state index contributed by atoms with van der Waals surface area (Å²) in [4.78, 5) is 0. The lowest BCUT2D eigenvalue weighted by molar-refractivity contribution is 0.0973. The van der Waals surface area contributed by atoms with Crippen molar-refractivity contribution >= 4 is 0 Å². The van der Waals surface area contributed by atoms with Crippen LogP contribution in [0.15, 0.2) is 48.6 Å². The van der Waals surface area contributed by atoms with Gasteiger partial charge in [-0.25, -0.2) is 0 Å². The molecule has 17 heavy (non-hydrogen) atoms. The predicted octanol–water partition coefficient (Wildman–Crippen LogP) is 2.53. The first-order chi connectivity index (χ1) is 8.07. The van der Waals surface area contributed by atoms with Gasteiger partial charge >= 0.3 is 0 Å². The maximum atomic E-state index is 10.7. The summed E-state index contributed by atoms with van der Waals surface area (Å²) in [5.74, 6) is 0. The Hall–Kier alpha value is -1.38. The van der Waals surface area contributed by atoms with E-state index in [1.807, 2.05) is 31.2 Å². The Morgan fingerprint density at radius 2 is 2.12 bits per heavy atom. The van der Waals surface area contributed by atoms with E-state index in [0.717, 1.165) is 23.1 Å². The molecule has 0 aromatic heterocycles. The lowest BCUT2D eigenvalue weighted by atomic mass is 9.87. The van der Waals surface area contributed by atoms with Gasteiger partial charge in [0.05, 0.1) is 0 Å². The molecule has 1 aromatic rings. The molecule has 0 saturated heterocycles. The van der Waals surface area contributed by atoms with E-state index >= 15 is 0 Å². The van der Waals surface area contributed by atoms with Crippen molar-refractivity contribution in [3.05, 3.63) is 59.7 Å². The Morgan fingerprint density at radius 1 is 1.47 bits per heavy atom. The quantitative estimate of drug-likeness (QED) is 0.765. The molecule has 1 aromatic carbocycles. The fourth-order valence-electron chi connectivity index (χ4n) is 1.93. The molecule has 1 atom stereocenters. The molecule has 92 valence electrons. The third-order valence-electron chi connectivity index (χ3n) is 2.96. The molecule has 2 nitrogen and oxygen atoms in total. The smallest absolute Gasteiger partial charge is 0.121 e. The number of nitrogens with two attached hydrogens (primary N) is 1. The van der Waals surface area contributed by atoms with E-state index in [1.54, 1.807) is 12.2 Å². The zero-order valence-electron chi connectivity index (χ0n) is 10.6. The summed E-state index contributed by atoms with van der Waals surface area (Å²) in [6.45, 7) is 7.83. The van der Waals surface area contributed by atoms with Gasteiger partial charge in [0, 0.05) is 6.54 Å². The van der Waals surface area contributed by atoms with Gasteiger partial charge in [-0.05, 0) is 30.5 Å². The number of benzene rings is 1. The summed E-state index contributed by atoms with van der Waals surface area (Å²) in [5, 5.41) is 10.7. The average Bonchev–Trinajstić information content (AvgIpc) is 2.38. The molecule has 2 heteroatoms. The molecule has 3 N–H and O–H groups in total. The van der Waals surface area contributed by atoms with E-state index in [9.17, 15) is 5.11 Å². The minimum absolute atomic E-state index is 0.162. The van der Waals surface area contributed by atoms with Crippen molar-refractivity contribution in [2.75, 3.05) is 6.54 Å². The lowest BCUT2D eigenvalue weighted by Crippen LogP contribution is -2.34. The number of hydrogen-bond donors (Lipinski definition) is 2. The highest BCUT2D eigenvalue weighted by Gasteiger charge is 2.26. The van der Waals surface area contributed by atoms with Gasteiger partial charge in [-0.15, -0.1) is 0 Å². The van der Waals surface area contributed by atoms with E-state index in [-0.39, 0.29) is 6.54 Å². The first-order valence-corrected chi connectivity index (χ1v) is 5.90. The van der Waals surface area contributed by atoms with Crippen molar-refractivity contribution < 1.29 is 5.11 Å². The van der Waals surface area contributed by atoms with Gasteiger partial charge in [0.15, 0.2) is 0 Å². The first-order valence-electron chi connectivity index (χ1n) is 5.90. The molecule has 0 fully saturated rings. The molecule has 0 bridgehead atoms. The molecule has 0 heterocycles. The van der Waals surface area contributed by atoms with Gasteiger partial charge in [-0.2, -0.15) is 0 Å². The monoisotopic (exact) mass is 231 g/mol. The van der Waals surface area contributed by atoms with Crippen LogP contribution in [0.25, 0.3) is 0 Å². The Bertz CT molecular complexity index is 423. The van der Waals surface area contributed by atoms with E-state index in [4.69, 9.17) is 5.73 Å². The van der Waals surface area contributed by atoms with Gasteiger partial charge < -0.3 is 10.8 Å². The van der Waals surface area contributed by atoms with E-state index in [1.165, 1.54) is 0 Å². The minimum Gasteiger partial charge on any atom is -0.380 e. The van der Waals surface area contributed by atoms with Crippen LogP contribution in [0.3, 0.4) is 0 Å². The van der Waals surface area contributed by atoms with Crippen LogP contribution in [-0.2, 0) is 12.0 Å². The van der Waals surface area contributed by atoms with Gasteiger partial charge in [-0.1, -0.05) is 49.4 Å². The summed E-state index contributed by atoms with van der Waals surface area (Å²) in [6.07, 6.45) is 4.36. The van der Waals surface area contributed by atoms with Crippen LogP contribution in [0, 0.1) is 0 Å². The fourth-order valence-corrected chi connectivity index (χ4v) is 1.93. The molecule has 1 unspecified atom stereocenters. The molecule has 0 amide bonds. The molecule has 0 spiro atoms. The zero-order chi connectivity index (χ0) is 12.9. The molecule has 1 rings (SSSR count). The van der Waals surface area contributed by atoms with Crippen molar-refractivity contribution in [2.45, 2.75) is 25.9 Å². The van der Waals surface area contributed by atoms with Gasteiger partial charge in [0.2, 0.25) is 0 Å². The van der Waals surface area contributed by atoms with Crippen molar-refractivity contribution in [1.82, 2.24) is 0 Å². The second-order valence-corrected chi connectivity index (χ2v) is 4.23. The van der Waals surface area contributed by atoms with E-state index in [2.05, 4.69) is 13.5 Å². The van der Waals surface area contributed by atoms with Crippen molar-refractivity contribution in [1.29, 1.82) is 0 Å². The van der Waals surface area contributed by atoms with Crippen LogP contribution in [0.5, 0.6) is 0 Å². The molecule has 0 radical (unpaired) electrons. The third-order valence-corrected chi connectivity index (χ3v) is 2.96. The highest BCUT2D eigenvalue weighted by molar-refractivity contribution is 5.38. The minimum atomic E-state index is -1.11. The zero-order valence-corrected chi connectivity index (χ0v) is 10.6. The molecule has 0 aliphatic heterocycles. The maximum absolute atomic E-state index is 10.7. The normalized spacial score (nSPS) is 15.4. The Kier molecular flexibility index (Phi) is 4.67. The van der Waals surface area contributed by atoms with Crippen LogP contribution >= 0.6 is 0 Å². The largest absolute Gasteiger partial charge is 0.380 e. The number of aryl methyl sites for hydroxylation is 1. The Labute approximate surface area is 103 Å². The topological polar surface area (TPSA) is 46.2 Å². The van der Waals surface area contributed by atoms with Crippen molar-refractivity contribution in [3.63, 3.8) is 0 Å². The first kappa shape index (κ1) is 13.7. The number of rotatable bonds is 5. The van der Waals surface area contributed by atoms with Crippen LogP contribution in [0.4, 0.5) is 0 Å². The summed E-state index contributed by atoms with van der Waals surface area (Å²) in [5.41, 5.74) is 7.55. The number of hydrogen-bond acceptors (Lipinski definition) is 2. The second kappa shape index (κ2) is 5.80. The summed E-state index contributed by atoms with van der Waals surface area (Å²) in [6, 6.07) is 7.85. The van der Waals surface area contributed by atoms with Crippen LogP contribution in [0.2, 0.25) is 0 Å². The lowest BCUT2D eigenvalue weighted by Gasteiger charge is -2.26. The van der Waals surface area contributed by atoms with Crippen LogP contribution in [-0.4, -0.2) is 11.7 Å². The second-order valence-electron chi connectivity index (χ2n) is 4.23. The van der Waals surface area contributed by atoms with E-state index in [0.29, 0.717) is 0 Å². The highest BCUT2D eigenvalue weighted by atomic mass is 16.3. The number of aliphatic hydroxyl groups is 1. The Balaban J connectivity index is 3.29. The molecule has 0 aliphatic carbocycles. The van der Waals surface area contributed by atoms with Crippen LogP contribution < -0.4 is 5.73 Å². The van der Waals surface area contributed by atoms with E-state index < -0.39 is 5.60 Å². The summed E-state index contributed by atoms with van der Waals surface area (Å²) >= 11 is 0. The van der Waals surface area contributed by atoms with Crippen LogP contribution in [0.1, 0.15) is 25.0 Å². The van der Waals surface area contributed by atoms with Gasteiger partial charge in [0.1, 0.15) is 5.60 Å². The van der Waals surface area contributed by atoms with Gasteiger partial charge in [0.25, 0.3) is 0 Å². The Morgan fingerprint density at radius 3 is 2.65 bits per heavy atom. The standard InChI is InChI=1S/C15H21NO/c1-4-12(3)10-15(17,11-16)14-9-7-6-8-13(14)5-2/h4,6-10,17H,1,5,11,16H2,2-3H3/b12-10+. The van der Waals surface area contributed by atoms with Crippen molar-refractivity contribution in [3.8, 4) is 0 Å². The van der Waals surface area contributed by atoms with Crippen molar-refractivity contribution in [2.24, 2.45) is 5.73 Å². The molecule has 0 aliphatic rings. The fraction of sp³-hybridized carbons (Fsp3) is 0.333. The average molecular weight is 231 g/mol. The predicted molar refractivity (Wildman–Crippen MR) is 72.7 cm³/mol. The molecule has 0 saturated carbocycles. The molecular formula is C15H21NO. The number of allylic oxidation sites excluding steroid dienone is 2. The SMILES string of the molecule is C=C/C(C)=C/C(O)(CN)c1ccccc1CC. The summed E-state index contributed by atoms with van der Waals surface area (Å²) in [7, 11) is 0. The summed E-state index contributed by atoms with van der Waals surface area (Å²) < 4.78 is 0. The maximum Gasteiger partial charge on any atom is 0.121 e. The molecular weight excluding hydrogens is 210 g/mol. The highest BCUT2D eigenvalue weighted by Crippen LogP contribution is 2.27.